The number of benzene rings is 2. The zero-order valence-corrected chi connectivity index (χ0v) is 14.5. The molecule has 1 N–H and O–H groups in total. The summed E-state index contributed by atoms with van der Waals surface area (Å²) < 4.78 is 5.70. The topological polar surface area (TPSA) is 58.6 Å². The Kier molecular flexibility index (Phi) is 5.03. The lowest BCUT2D eigenvalue weighted by atomic mass is 10.1. The third kappa shape index (κ3) is 3.82. The average molecular weight is 338 g/mol. The van der Waals surface area contributed by atoms with E-state index in [1.54, 1.807) is 11.0 Å². The molecule has 0 saturated carbocycles. The number of carbonyl (C=O) groups excluding carboxylic acids is 2. The normalized spacial score (nSPS) is 13.8. The van der Waals surface area contributed by atoms with Crippen LogP contribution in [0.3, 0.4) is 0 Å². The lowest BCUT2D eigenvalue weighted by Gasteiger charge is -2.20. The van der Waals surface area contributed by atoms with E-state index in [-0.39, 0.29) is 18.4 Å². The zero-order valence-electron chi connectivity index (χ0n) is 14.5. The molecular weight excluding hydrogens is 316 g/mol. The van der Waals surface area contributed by atoms with Gasteiger partial charge in [-0.05, 0) is 43.5 Å². The van der Waals surface area contributed by atoms with Gasteiger partial charge in [0.05, 0.1) is 11.4 Å². The molecule has 0 aromatic heterocycles. The van der Waals surface area contributed by atoms with Crippen molar-refractivity contribution in [3.05, 3.63) is 53.6 Å². The van der Waals surface area contributed by atoms with Crippen LogP contribution in [-0.2, 0) is 9.59 Å². The largest absolute Gasteiger partial charge is 0.483 e. The zero-order chi connectivity index (χ0) is 17.8. The van der Waals surface area contributed by atoms with E-state index in [0.29, 0.717) is 18.7 Å². The molecule has 0 atom stereocenters. The van der Waals surface area contributed by atoms with Gasteiger partial charge < -0.3 is 15.0 Å². The van der Waals surface area contributed by atoms with Crippen molar-refractivity contribution in [2.24, 2.45) is 0 Å². The van der Waals surface area contributed by atoms with Crippen molar-refractivity contribution in [3.63, 3.8) is 0 Å². The van der Waals surface area contributed by atoms with Gasteiger partial charge in [0.2, 0.25) is 5.91 Å². The van der Waals surface area contributed by atoms with Crippen LogP contribution in [0.1, 0.15) is 24.0 Å². The highest BCUT2D eigenvalue weighted by Crippen LogP contribution is 2.29. The summed E-state index contributed by atoms with van der Waals surface area (Å²) in [6.07, 6.45) is 1.40. The number of aryl methyl sites for hydroxylation is 2. The van der Waals surface area contributed by atoms with Crippen LogP contribution in [0.15, 0.2) is 42.5 Å². The van der Waals surface area contributed by atoms with Crippen molar-refractivity contribution in [1.29, 1.82) is 0 Å². The summed E-state index contributed by atoms with van der Waals surface area (Å²) in [5.74, 6) is 0.580. The van der Waals surface area contributed by atoms with Crippen LogP contribution in [0.2, 0.25) is 0 Å². The average Bonchev–Trinajstić information content (AvgIpc) is 3.01. The molecule has 1 saturated heterocycles. The molecule has 5 nitrogen and oxygen atoms in total. The SMILES string of the molecule is Cc1cccc(C)c1OCC(=O)Nc1ccccc1N1CCCC1=O. The molecule has 0 bridgehead atoms. The van der Waals surface area contributed by atoms with Crippen LogP contribution in [0.4, 0.5) is 11.4 Å². The fourth-order valence-corrected chi connectivity index (χ4v) is 3.07. The minimum atomic E-state index is -0.248. The number of amides is 2. The van der Waals surface area contributed by atoms with Crippen molar-refractivity contribution in [2.75, 3.05) is 23.4 Å². The fraction of sp³-hybridized carbons (Fsp3) is 0.300. The molecule has 3 rings (SSSR count). The van der Waals surface area contributed by atoms with Gasteiger partial charge in [-0.15, -0.1) is 0 Å². The number of hydrogen-bond donors (Lipinski definition) is 1. The number of para-hydroxylation sites is 3. The lowest BCUT2D eigenvalue weighted by Crippen LogP contribution is -2.27. The van der Waals surface area contributed by atoms with E-state index in [1.165, 1.54) is 0 Å². The van der Waals surface area contributed by atoms with Crippen molar-refractivity contribution in [1.82, 2.24) is 0 Å². The van der Waals surface area contributed by atoms with Gasteiger partial charge in [0, 0.05) is 13.0 Å². The van der Waals surface area contributed by atoms with Crippen LogP contribution >= 0.6 is 0 Å². The highest BCUT2D eigenvalue weighted by atomic mass is 16.5. The first kappa shape index (κ1) is 17.0. The first-order chi connectivity index (χ1) is 12.1. The van der Waals surface area contributed by atoms with Crippen LogP contribution < -0.4 is 15.0 Å². The quantitative estimate of drug-likeness (QED) is 0.908. The Morgan fingerprint density at radius 3 is 2.52 bits per heavy atom. The maximum absolute atomic E-state index is 12.3. The predicted molar refractivity (Wildman–Crippen MR) is 98.1 cm³/mol. The lowest BCUT2D eigenvalue weighted by molar-refractivity contribution is -0.118. The van der Waals surface area contributed by atoms with Crippen molar-refractivity contribution in [3.8, 4) is 5.75 Å². The van der Waals surface area contributed by atoms with Gasteiger partial charge in [-0.3, -0.25) is 9.59 Å². The molecule has 25 heavy (non-hydrogen) atoms. The fourth-order valence-electron chi connectivity index (χ4n) is 3.07. The summed E-state index contributed by atoms with van der Waals surface area (Å²) >= 11 is 0. The Balaban J connectivity index is 1.68. The molecule has 0 spiro atoms. The van der Waals surface area contributed by atoms with Gasteiger partial charge in [0.15, 0.2) is 6.61 Å². The molecule has 0 unspecified atom stereocenters. The molecular formula is C20H22N2O3. The number of anilines is 2. The monoisotopic (exact) mass is 338 g/mol. The Labute approximate surface area is 147 Å². The molecule has 0 aliphatic carbocycles. The molecule has 2 amide bonds. The summed E-state index contributed by atoms with van der Waals surface area (Å²) in [5, 5.41) is 2.86. The first-order valence-electron chi connectivity index (χ1n) is 8.44. The Morgan fingerprint density at radius 2 is 1.84 bits per heavy atom. The van der Waals surface area contributed by atoms with Gasteiger partial charge >= 0.3 is 0 Å². The molecule has 2 aromatic carbocycles. The second-order valence-corrected chi connectivity index (χ2v) is 6.22. The highest BCUT2D eigenvalue weighted by molar-refractivity contribution is 6.02. The van der Waals surface area contributed by atoms with Crippen molar-refractivity contribution < 1.29 is 14.3 Å². The molecule has 0 radical (unpaired) electrons. The molecule has 5 heteroatoms. The smallest absolute Gasteiger partial charge is 0.262 e. The minimum absolute atomic E-state index is 0.0754. The van der Waals surface area contributed by atoms with Crippen LogP contribution in [0.25, 0.3) is 0 Å². The summed E-state index contributed by atoms with van der Waals surface area (Å²) in [5.41, 5.74) is 3.37. The first-order valence-corrected chi connectivity index (χ1v) is 8.44. The number of nitrogens with one attached hydrogen (secondary N) is 1. The Morgan fingerprint density at radius 1 is 1.12 bits per heavy atom. The standard InChI is InChI=1S/C20H22N2O3/c1-14-7-5-8-15(2)20(14)25-13-18(23)21-16-9-3-4-10-17(16)22-12-6-11-19(22)24/h3-5,7-10H,6,11-13H2,1-2H3,(H,21,23). The van der Waals surface area contributed by atoms with Crippen molar-refractivity contribution in [2.45, 2.75) is 26.7 Å². The van der Waals surface area contributed by atoms with E-state index in [9.17, 15) is 9.59 Å². The second kappa shape index (κ2) is 7.38. The number of hydrogen-bond acceptors (Lipinski definition) is 3. The molecule has 1 fully saturated rings. The predicted octanol–water partition coefficient (Wildman–Crippen LogP) is 3.45. The third-order valence-electron chi connectivity index (χ3n) is 4.30. The summed E-state index contributed by atoms with van der Waals surface area (Å²) in [6, 6.07) is 13.2. The van der Waals surface area contributed by atoms with Gasteiger partial charge in [0.1, 0.15) is 5.75 Å². The Bertz CT molecular complexity index is 781. The van der Waals surface area contributed by atoms with Crippen LogP contribution in [0, 0.1) is 13.8 Å². The number of ether oxygens (including phenoxy) is 1. The molecule has 1 aliphatic heterocycles. The van der Waals surface area contributed by atoms with E-state index >= 15 is 0 Å². The van der Waals surface area contributed by atoms with Gasteiger partial charge in [-0.2, -0.15) is 0 Å². The number of rotatable bonds is 5. The van der Waals surface area contributed by atoms with E-state index in [1.807, 2.05) is 50.2 Å². The molecule has 130 valence electrons. The van der Waals surface area contributed by atoms with E-state index < -0.39 is 0 Å². The van der Waals surface area contributed by atoms with Crippen LogP contribution in [-0.4, -0.2) is 25.0 Å². The molecule has 1 aliphatic rings. The second-order valence-electron chi connectivity index (χ2n) is 6.22. The van der Waals surface area contributed by atoms with E-state index in [2.05, 4.69) is 5.32 Å². The van der Waals surface area contributed by atoms with E-state index in [4.69, 9.17) is 4.74 Å². The summed E-state index contributed by atoms with van der Waals surface area (Å²) in [6.45, 7) is 4.52. The Hall–Kier alpha value is -2.82. The minimum Gasteiger partial charge on any atom is -0.483 e. The number of carbonyl (C=O) groups is 2. The van der Waals surface area contributed by atoms with Gasteiger partial charge in [-0.25, -0.2) is 0 Å². The highest BCUT2D eigenvalue weighted by Gasteiger charge is 2.24. The molecule has 2 aromatic rings. The van der Waals surface area contributed by atoms with E-state index in [0.717, 1.165) is 29.0 Å². The van der Waals surface area contributed by atoms with Crippen molar-refractivity contribution >= 4 is 23.2 Å². The maximum atomic E-state index is 12.3. The van der Waals surface area contributed by atoms with Gasteiger partial charge in [0.25, 0.3) is 5.91 Å². The maximum Gasteiger partial charge on any atom is 0.262 e. The summed E-state index contributed by atoms with van der Waals surface area (Å²) in [4.78, 5) is 26.0. The third-order valence-corrected chi connectivity index (χ3v) is 4.30. The van der Waals surface area contributed by atoms with Crippen LogP contribution in [0.5, 0.6) is 5.75 Å². The van der Waals surface area contributed by atoms with Gasteiger partial charge in [-0.1, -0.05) is 30.3 Å². The summed E-state index contributed by atoms with van der Waals surface area (Å²) in [7, 11) is 0. The molecule has 1 heterocycles. The number of nitrogens with zero attached hydrogens (tertiary/aromatic N) is 1.